The Balaban J connectivity index is 2.12. The van der Waals surface area contributed by atoms with Crippen molar-refractivity contribution < 1.29 is 17.9 Å². The molecule has 0 bridgehead atoms. The van der Waals surface area contributed by atoms with Crippen LogP contribution in [-0.2, 0) is 30.1 Å². The van der Waals surface area contributed by atoms with Crippen LogP contribution in [0, 0.1) is 13.8 Å². The maximum atomic E-state index is 12.3. The van der Waals surface area contributed by atoms with Crippen LogP contribution in [0.25, 0.3) is 0 Å². The Morgan fingerprint density at radius 3 is 2.67 bits per heavy atom. The molecule has 0 aromatic carbocycles. The summed E-state index contributed by atoms with van der Waals surface area (Å²) in [4.78, 5) is 4.03. The van der Waals surface area contributed by atoms with Gasteiger partial charge in [0.1, 0.15) is 22.7 Å². The minimum absolute atomic E-state index is 0.0106. The van der Waals surface area contributed by atoms with Gasteiger partial charge in [0.15, 0.2) is 5.82 Å². The summed E-state index contributed by atoms with van der Waals surface area (Å²) in [5.41, 5.74) is 0.288. The monoisotopic (exact) mass is 314 g/mol. The highest BCUT2D eigenvalue weighted by molar-refractivity contribution is 7.89. The Morgan fingerprint density at radius 1 is 1.38 bits per heavy atom. The first-order chi connectivity index (χ1) is 9.85. The molecule has 0 saturated carbocycles. The number of aryl methyl sites for hydroxylation is 3. The van der Waals surface area contributed by atoms with Crippen LogP contribution in [0.3, 0.4) is 0 Å². The van der Waals surface area contributed by atoms with Crippen molar-refractivity contribution in [3.05, 3.63) is 29.2 Å². The van der Waals surface area contributed by atoms with Crippen molar-refractivity contribution in [2.45, 2.75) is 31.8 Å². The van der Waals surface area contributed by atoms with Crippen LogP contribution in [0.2, 0.25) is 0 Å². The van der Waals surface area contributed by atoms with Crippen LogP contribution in [0.5, 0.6) is 0 Å². The molecular formula is C12H18N4O4S. The third-order valence-electron chi connectivity index (χ3n) is 3.04. The predicted octanol–water partition coefficient (Wildman–Crippen LogP) is 0.0382. The Hall–Kier alpha value is -1.71. The quantitative estimate of drug-likeness (QED) is 0.779. The van der Waals surface area contributed by atoms with Crippen LogP contribution < -0.4 is 4.72 Å². The molecule has 8 nitrogen and oxygen atoms in total. The second-order valence-corrected chi connectivity index (χ2v) is 6.37. The average molecular weight is 314 g/mol. The zero-order chi connectivity index (χ0) is 15.6. The minimum atomic E-state index is -3.74. The van der Waals surface area contributed by atoms with Crippen LogP contribution in [-0.4, -0.2) is 34.8 Å². The molecule has 0 unspecified atom stereocenters. The Labute approximate surface area is 122 Å². The molecule has 9 heteroatoms. The number of furan rings is 1. The number of nitrogens with one attached hydrogen (secondary N) is 1. The first kappa shape index (κ1) is 15.7. The number of hydrogen-bond donors (Lipinski definition) is 2. The molecule has 0 aliphatic heterocycles. The number of aliphatic hydroxyl groups is 1. The van der Waals surface area contributed by atoms with E-state index in [0.717, 1.165) is 0 Å². The van der Waals surface area contributed by atoms with E-state index in [4.69, 9.17) is 4.42 Å². The van der Waals surface area contributed by atoms with Crippen molar-refractivity contribution in [2.75, 3.05) is 6.54 Å². The molecule has 0 atom stereocenters. The SMILES string of the molecule is Cc1oc(C)c(S(=O)(=O)NCCc2ncn(C)n2)c1CO. The molecule has 2 aromatic rings. The van der Waals surface area contributed by atoms with Gasteiger partial charge in [-0.1, -0.05) is 0 Å². The molecule has 2 aromatic heterocycles. The fourth-order valence-electron chi connectivity index (χ4n) is 2.11. The van der Waals surface area contributed by atoms with Gasteiger partial charge >= 0.3 is 0 Å². The van der Waals surface area contributed by atoms with E-state index < -0.39 is 10.0 Å². The molecule has 0 saturated heterocycles. The van der Waals surface area contributed by atoms with Crippen molar-refractivity contribution in [3.63, 3.8) is 0 Å². The van der Waals surface area contributed by atoms with Gasteiger partial charge in [0.05, 0.1) is 6.61 Å². The maximum absolute atomic E-state index is 12.3. The fraction of sp³-hybridized carbons (Fsp3) is 0.500. The van der Waals surface area contributed by atoms with Crippen molar-refractivity contribution >= 4 is 10.0 Å². The summed E-state index contributed by atoms with van der Waals surface area (Å²) in [6.45, 7) is 2.96. The molecule has 0 aliphatic carbocycles. The van der Waals surface area contributed by atoms with Crippen molar-refractivity contribution in [1.29, 1.82) is 0 Å². The number of sulfonamides is 1. The van der Waals surface area contributed by atoms with Gasteiger partial charge in [-0.3, -0.25) is 4.68 Å². The van der Waals surface area contributed by atoms with Gasteiger partial charge in [0, 0.05) is 25.6 Å². The van der Waals surface area contributed by atoms with Crippen LogP contribution >= 0.6 is 0 Å². The van der Waals surface area contributed by atoms with Gasteiger partial charge < -0.3 is 9.52 Å². The first-order valence-corrected chi connectivity index (χ1v) is 7.87. The van der Waals surface area contributed by atoms with Crippen LogP contribution in [0.4, 0.5) is 0 Å². The number of nitrogens with zero attached hydrogens (tertiary/aromatic N) is 3. The molecule has 0 fully saturated rings. The van der Waals surface area contributed by atoms with Crippen molar-refractivity contribution in [2.24, 2.45) is 7.05 Å². The highest BCUT2D eigenvalue weighted by Gasteiger charge is 2.26. The van der Waals surface area contributed by atoms with Crippen LogP contribution in [0.15, 0.2) is 15.6 Å². The molecule has 0 aliphatic rings. The zero-order valence-corrected chi connectivity index (χ0v) is 12.9. The summed E-state index contributed by atoms with van der Waals surface area (Å²) in [5.74, 6) is 1.23. The smallest absolute Gasteiger partial charge is 0.244 e. The van der Waals surface area contributed by atoms with E-state index in [1.807, 2.05) is 0 Å². The summed E-state index contributed by atoms with van der Waals surface area (Å²) in [6.07, 6.45) is 1.93. The molecule has 21 heavy (non-hydrogen) atoms. The Kier molecular flexibility index (Phi) is 4.45. The Morgan fingerprint density at radius 2 is 2.10 bits per heavy atom. The van der Waals surface area contributed by atoms with E-state index in [1.54, 1.807) is 31.9 Å². The number of hydrogen-bond acceptors (Lipinski definition) is 6. The molecule has 0 amide bonds. The molecule has 0 spiro atoms. The zero-order valence-electron chi connectivity index (χ0n) is 12.1. The van der Waals surface area contributed by atoms with E-state index in [-0.39, 0.29) is 29.4 Å². The van der Waals surface area contributed by atoms with Gasteiger partial charge in [0.25, 0.3) is 0 Å². The molecule has 2 N–H and O–H groups in total. The third kappa shape index (κ3) is 3.31. The van der Waals surface area contributed by atoms with E-state index in [9.17, 15) is 13.5 Å². The van der Waals surface area contributed by atoms with E-state index in [1.165, 1.54) is 0 Å². The average Bonchev–Trinajstić information content (AvgIpc) is 2.92. The summed E-state index contributed by atoms with van der Waals surface area (Å²) in [7, 11) is -2.00. The maximum Gasteiger partial charge on any atom is 0.244 e. The number of rotatable bonds is 6. The third-order valence-corrected chi connectivity index (χ3v) is 4.70. The van der Waals surface area contributed by atoms with Gasteiger partial charge in [-0.25, -0.2) is 18.1 Å². The second-order valence-electron chi connectivity index (χ2n) is 4.66. The number of aromatic nitrogens is 3. The molecule has 116 valence electrons. The lowest BCUT2D eigenvalue weighted by molar-refractivity contribution is 0.276. The van der Waals surface area contributed by atoms with Gasteiger partial charge in [-0.2, -0.15) is 5.10 Å². The second kappa shape index (κ2) is 5.96. The lowest BCUT2D eigenvalue weighted by Crippen LogP contribution is -2.27. The topological polar surface area (TPSA) is 110 Å². The summed E-state index contributed by atoms with van der Waals surface area (Å²) in [5, 5.41) is 13.4. The van der Waals surface area contributed by atoms with Crippen molar-refractivity contribution in [1.82, 2.24) is 19.5 Å². The van der Waals surface area contributed by atoms with E-state index in [2.05, 4.69) is 14.8 Å². The lowest BCUT2D eigenvalue weighted by Gasteiger charge is -2.06. The van der Waals surface area contributed by atoms with E-state index in [0.29, 0.717) is 18.0 Å². The largest absolute Gasteiger partial charge is 0.465 e. The first-order valence-electron chi connectivity index (χ1n) is 6.39. The minimum Gasteiger partial charge on any atom is -0.465 e. The van der Waals surface area contributed by atoms with Gasteiger partial charge in [-0.15, -0.1) is 0 Å². The van der Waals surface area contributed by atoms with Crippen LogP contribution in [0.1, 0.15) is 22.9 Å². The lowest BCUT2D eigenvalue weighted by atomic mass is 10.2. The molecule has 2 heterocycles. The standard InChI is InChI=1S/C12H18N4O4S/c1-8-10(6-17)12(9(2)20-8)21(18,19)14-5-4-11-13-7-16(3)15-11/h7,14,17H,4-6H2,1-3H3. The molecular weight excluding hydrogens is 296 g/mol. The molecule has 0 radical (unpaired) electrons. The van der Waals surface area contributed by atoms with E-state index >= 15 is 0 Å². The summed E-state index contributed by atoms with van der Waals surface area (Å²) in [6, 6.07) is 0. The molecule has 2 rings (SSSR count). The predicted molar refractivity (Wildman–Crippen MR) is 74.0 cm³/mol. The highest BCUT2D eigenvalue weighted by Crippen LogP contribution is 2.26. The fourth-order valence-corrected chi connectivity index (χ4v) is 3.58. The van der Waals surface area contributed by atoms with Crippen molar-refractivity contribution in [3.8, 4) is 0 Å². The summed E-state index contributed by atoms with van der Waals surface area (Å²) < 4.78 is 33.9. The normalized spacial score (nSPS) is 12.0. The van der Waals surface area contributed by atoms with Gasteiger partial charge in [0.2, 0.25) is 10.0 Å². The number of aliphatic hydroxyl groups excluding tert-OH is 1. The van der Waals surface area contributed by atoms with Gasteiger partial charge in [-0.05, 0) is 13.8 Å². The highest BCUT2D eigenvalue weighted by atomic mass is 32.2. The Bertz CT molecular complexity index is 733. The summed E-state index contributed by atoms with van der Waals surface area (Å²) >= 11 is 0.